The zero-order chi connectivity index (χ0) is 23.5. The third kappa shape index (κ3) is 4.76. The fourth-order valence-corrected chi connectivity index (χ4v) is 4.52. The van der Waals surface area contributed by atoms with Gasteiger partial charge in [-0.2, -0.15) is 5.10 Å². The molecule has 1 atom stereocenters. The van der Waals surface area contributed by atoms with Gasteiger partial charge in [-0.1, -0.05) is 65.4 Å². The highest BCUT2D eigenvalue weighted by atomic mass is 35.5. The highest BCUT2D eigenvalue weighted by Gasteiger charge is 2.15. The van der Waals surface area contributed by atoms with Gasteiger partial charge in [0.1, 0.15) is 5.01 Å². The molecule has 0 radical (unpaired) electrons. The van der Waals surface area contributed by atoms with Crippen LogP contribution in [0.1, 0.15) is 5.56 Å². The Kier molecular flexibility index (Phi) is 6.22. The van der Waals surface area contributed by atoms with Gasteiger partial charge in [0.2, 0.25) is 11.0 Å². The molecule has 170 valence electrons. The summed E-state index contributed by atoms with van der Waals surface area (Å²) < 4.78 is 0. The van der Waals surface area contributed by atoms with Crippen LogP contribution in [0, 0.1) is 0 Å². The molecule has 34 heavy (non-hydrogen) atoms. The average Bonchev–Trinajstić information content (AvgIpc) is 3.52. The molecule has 0 aliphatic heterocycles. The number of nitrogens with one attached hydrogen (secondary N) is 3. The molecule has 0 fully saturated rings. The van der Waals surface area contributed by atoms with Crippen molar-refractivity contribution in [2.75, 3.05) is 10.6 Å². The summed E-state index contributed by atoms with van der Waals surface area (Å²) in [5, 5.41) is 24.2. The van der Waals surface area contributed by atoms with E-state index in [-0.39, 0.29) is 5.91 Å². The fourth-order valence-electron chi connectivity index (χ4n) is 3.51. The van der Waals surface area contributed by atoms with Crippen LogP contribution in [0.3, 0.4) is 0 Å². The van der Waals surface area contributed by atoms with Crippen LogP contribution in [0.5, 0.6) is 0 Å². The van der Waals surface area contributed by atoms with Crippen LogP contribution >= 0.6 is 22.9 Å². The number of nitrogens with zero attached hydrogens (tertiary/aromatic N) is 3. The Labute approximate surface area is 204 Å². The van der Waals surface area contributed by atoms with Crippen molar-refractivity contribution in [2.24, 2.45) is 5.73 Å². The van der Waals surface area contributed by atoms with E-state index in [1.54, 1.807) is 6.20 Å². The van der Waals surface area contributed by atoms with Crippen molar-refractivity contribution < 1.29 is 4.79 Å². The van der Waals surface area contributed by atoms with E-state index < -0.39 is 6.04 Å². The zero-order valence-electron chi connectivity index (χ0n) is 17.8. The summed E-state index contributed by atoms with van der Waals surface area (Å²) in [5.74, 6) is -0.245. The summed E-state index contributed by atoms with van der Waals surface area (Å²) in [6.45, 7) is 0. The zero-order valence-corrected chi connectivity index (χ0v) is 19.4. The standard InChI is InChI=1S/C24H20ClN7OS/c25-21-17-13-27-30-19(17)9-10-20(21)29-24-32-31-23(34-24)15-7-4-8-16(12-15)28-22(33)18(26)11-14-5-2-1-3-6-14/h1-10,12-13,18H,11,26H2,(H,27,30)(H,28,33)(H,29,32)/t18-/m0/s1. The molecule has 8 nitrogen and oxygen atoms in total. The predicted octanol–water partition coefficient (Wildman–Crippen LogP) is 4.99. The van der Waals surface area contributed by atoms with Gasteiger partial charge in [-0.25, -0.2) is 0 Å². The smallest absolute Gasteiger partial charge is 0.241 e. The summed E-state index contributed by atoms with van der Waals surface area (Å²) in [4.78, 5) is 12.6. The average molecular weight is 490 g/mol. The number of H-pyrrole nitrogens is 1. The molecule has 2 aromatic heterocycles. The Morgan fingerprint density at radius 2 is 1.94 bits per heavy atom. The maximum Gasteiger partial charge on any atom is 0.241 e. The number of carbonyl (C=O) groups is 1. The van der Waals surface area contributed by atoms with Crippen LogP contribution in [-0.2, 0) is 11.2 Å². The minimum atomic E-state index is -0.652. The molecular weight excluding hydrogens is 470 g/mol. The van der Waals surface area contributed by atoms with Crippen molar-refractivity contribution in [2.45, 2.75) is 12.5 Å². The number of hydrogen-bond donors (Lipinski definition) is 4. The molecule has 5 rings (SSSR count). The SMILES string of the molecule is N[C@@H](Cc1ccccc1)C(=O)Nc1cccc(-c2nnc(Nc3ccc4[nH]ncc4c3Cl)s2)c1. The maximum absolute atomic E-state index is 12.6. The van der Waals surface area contributed by atoms with Gasteiger partial charge >= 0.3 is 0 Å². The van der Waals surface area contributed by atoms with Gasteiger partial charge in [0.15, 0.2) is 0 Å². The minimum absolute atomic E-state index is 0.245. The largest absolute Gasteiger partial charge is 0.329 e. The number of carbonyl (C=O) groups excluding carboxylic acids is 1. The van der Waals surface area contributed by atoms with E-state index in [4.69, 9.17) is 17.3 Å². The fraction of sp³-hybridized carbons (Fsp3) is 0.0833. The monoisotopic (exact) mass is 489 g/mol. The van der Waals surface area contributed by atoms with Crippen LogP contribution in [0.4, 0.5) is 16.5 Å². The Balaban J connectivity index is 1.28. The van der Waals surface area contributed by atoms with Crippen LogP contribution in [0.2, 0.25) is 5.02 Å². The van der Waals surface area contributed by atoms with E-state index >= 15 is 0 Å². The Bertz CT molecular complexity index is 1450. The third-order valence-electron chi connectivity index (χ3n) is 5.24. The third-order valence-corrected chi connectivity index (χ3v) is 6.53. The van der Waals surface area contributed by atoms with Gasteiger partial charge in [-0.05, 0) is 36.2 Å². The number of halogens is 1. The van der Waals surface area contributed by atoms with Gasteiger partial charge in [0.05, 0.1) is 28.5 Å². The Hall–Kier alpha value is -3.79. The van der Waals surface area contributed by atoms with Gasteiger partial charge in [-0.15, -0.1) is 10.2 Å². The first kappa shape index (κ1) is 22.0. The van der Waals surface area contributed by atoms with Crippen molar-refractivity contribution in [1.29, 1.82) is 0 Å². The number of aromatic nitrogens is 4. The molecule has 5 aromatic rings. The van der Waals surface area contributed by atoms with E-state index in [0.717, 1.165) is 22.0 Å². The predicted molar refractivity (Wildman–Crippen MR) is 136 cm³/mol. The number of amides is 1. The van der Waals surface area contributed by atoms with Crippen LogP contribution in [-0.4, -0.2) is 32.3 Å². The molecule has 5 N–H and O–H groups in total. The van der Waals surface area contributed by atoms with Crippen molar-refractivity contribution >= 4 is 56.3 Å². The first-order valence-corrected chi connectivity index (χ1v) is 11.7. The number of fused-ring (bicyclic) bond motifs is 1. The lowest BCUT2D eigenvalue weighted by molar-refractivity contribution is -0.117. The quantitative estimate of drug-likeness (QED) is 0.255. The second-order valence-corrected chi connectivity index (χ2v) is 9.02. The lowest BCUT2D eigenvalue weighted by atomic mass is 10.1. The summed E-state index contributed by atoms with van der Waals surface area (Å²) >= 11 is 7.87. The summed E-state index contributed by atoms with van der Waals surface area (Å²) in [6, 6.07) is 20.2. The van der Waals surface area contributed by atoms with Crippen molar-refractivity contribution in [3.8, 4) is 10.6 Å². The number of benzene rings is 3. The van der Waals surface area contributed by atoms with Gasteiger partial charge in [0.25, 0.3) is 0 Å². The molecule has 0 saturated carbocycles. The Morgan fingerprint density at radius 1 is 1.09 bits per heavy atom. The maximum atomic E-state index is 12.6. The van der Waals surface area contributed by atoms with E-state index in [1.165, 1.54) is 11.3 Å². The van der Waals surface area contributed by atoms with E-state index in [2.05, 4.69) is 31.0 Å². The number of hydrogen-bond acceptors (Lipinski definition) is 7. The first-order valence-electron chi connectivity index (χ1n) is 10.5. The normalized spacial score (nSPS) is 11.9. The summed E-state index contributed by atoms with van der Waals surface area (Å²) in [6.07, 6.45) is 2.14. The van der Waals surface area contributed by atoms with Crippen LogP contribution in [0.15, 0.2) is 72.9 Å². The van der Waals surface area contributed by atoms with Gasteiger partial charge in [0, 0.05) is 16.6 Å². The molecular formula is C24H20ClN7OS. The van der Waals surface area contributed by atoms with E-state index in [9.17, 15) is 4.79 Å². The molecule has 0 saturated heterocycles. The van der Waals surface area contributed by atoms with E-state index in [0.29, 0.717) is 33.0 Å². The van der Waals surface area contributed by atoms with Gasteiger partial charge in [-0.3, -0.25) is 9.89 Å². The van der Waals surface area contributed by atoms with Gasteiger partial charge < -0.3 is 16.4 Å². The molecule has 10 heteroatoms. The highest BCUT2D eigenvalue weighted by Crippen LogP contribution is 2.34. The molecule has 0 spiro atoms. The summed E-state index contributed by atoms with van der Waals surface area (Å²) in [5.41, 5.74) is 10.2. The molecule has 1 amide bonds. The van der Waals surface area contributed by atoms with Crippen molar-refractivity contribution in [3.05, 3.63) is 83.5 Å². The number of anilines is 3. The molecule has 0 bridgehead atoms. The molecule has 0 unspecified atom stereocenters. The summed E-state index contributed by atoms with van der Waals surface area (Å²) in [7, 11) is 0. The van der Waals surface area contributed by atoms with Crippen LogP contribution < -0.4 is 16.4 Å². The molecule has 3 aromatic carbocycles. The number of nitrogens with two attached hydrogens (primary N) is 1. The Morgan fingerprint density at radius 3 is 2.79 bits per heavy atom. The second kappa shape index (κ2) is 9.60. The molecule has 0 aliphatic carbocycles. The molecule has 2 heterocycles. The van der Waals surface area contributed by atoms with Crippen molar-refractivity contribution in [1.82, 2.24) is 20.4 Å². The van der Waals surface area contributed by atoms with Crippen LogP contribution in [0.25, 0.3) is 21.5 Å². The lowest BCUT2D eigenvalue weighted by Gasteiger charge is -2.13. The topological polar surface area (TPSA) is 122 Å². The number of rotatable bonds is 7. The molecule has 0 aliphatic rings. The lowest BCUT2D eigenvalue weighted by Crippen LogP contribution is -2.37. The van der Waals surface area contributed by atoms with E-state index in [1.807, 2.05) is 66.7 Å². The highest BCUT2D eigenvalue weighted by molar-refractivity contribution is 7.18. The number of aromatic amines is 1. The first-order chi connectivity index (χ1) is 16.6. The van der Waals surface area contributed by atoms with Crippen molar-refractivity contribution in [3.63, 3.8) is 0 Å². The minimum Gasteiger partial charge on any atom is -0.329 e. The second-order valence-electron chi connectivity index (χ2n) is 7.66.